The molecule has 0 saturated carbocycles. The van der Waals surface area contributed by atoms with Crippen molar-refractivity contribution in [3.05, 3.63) is 18.3 Å². The van der Waals surface area contributed by atoms with Gasteiger partial charge in [-0.05, 0) is 25.0 Å². The summed E-state index contributed by atoms with van der Waals surface area (Å²) in [6.07, 6.45) is -1.18. The Morgan fingerprint density at radius 3 is 2.59 bits per heavy atom. The molecule has 11 heteroatoms. The number of carbonyl (C=O) groups is 2. The number of hydrogen-bond acceptors (Lipinski definition) is 6. The van der Waals surface area contributed by atoms with Gasteiger partial charge in [0, 0.05) is 19.3 Å². The fourth-order valence-corrected chi connectivity index (χ4v) is 2.23. The smallest absolute Gasteiger partial charge is 0.479 e. The average molecular weight is 394 g/mol. The van der Waals surface area contributed by atoms with E-state index in [-0.39, 0.29) is 12.7 Å². The summed E-state index contributed by atoms with van der Waals surface area (Å²) in [5, 5.41) is 15.8. The van der Waals surface area contributed by atoms with Crippen molar-refractivity contribution in [3.8, 4) is 5.75 Å². The number of nitrogens with zero attached hydrogens (tertiary/aromatic N) is 2. The number of aromatic nitrogens is 1. The molecule has 1 unspecified atom stereocenters. The largest absolute Gasteiger partial charge is 0.490 e. The average Bonchev–Trinajstić information content (AvgIpc) is 2.85. The summed E-state index contributed by atoms with van der Waals surface area (Å²) in [7, 11) is 0. The van der Waals surface area contributed by atoms with E-state index in [0.29, 0.717) is 18.2 Å². The van der Waals surface area contributed by atoms with E-state index in [1.165, 1.54) is 0 Å². The zero-order valence-corrected chi connectivity index (χ0v) is 14.6. The SMILES string of the molecule is CCC1CCN(c2ncccc2OCC(=O)O)CCO1.O=C(O)C(F)(F)F. The summed E-state index contributed by atoms with van der Waals surface area (Å²) in [5.74, 6) is -2.56. The molecule has 1 aliphatic rings. The molecule has 0 radical (unpaired) electrons. The Morgan fingerprint density at radius 1 is 1.37 bits per heavy atom. The van der Waals surface area contributed by atoms with Gasteiger partial charge in [-0.2, -0.15) is 13.2 Å². The van der Waals surface area contributed by atoms with E-state index in [2.05, 4.69) is 16.8 Å². The predicted molar refractivity (Wildman–Crippen MR) is 87.9 cm³/mol. The standard InChI is InChI=1S/C14H20N2O4.C2HF3O2/c1-2-11-5-7-16(8-9-19-11)14-12(4-3-6-15-14)20-10-13(17)18;3-2(4,5)1(6)7/h3-4,6,11H,2,5,7-10H2,1H3,(H,17,18);(H,6,7). The van der Waals surface area contributed by atoms with Crippen LogP contribution in [0.5, 0.6) is 5.75 Å². The number of ether oxygens (including phenoxy) is 2. The molecular weight excluding hydrogens is 373 g/mol. The van der Waals surface area contributed by atoms with Crippen molar-refractivity contribution in [2.45, 2.75) is 32.0 Å². The molecule has 27 heavy (non-hydrogen) atoms. The number of halogens is 3. The summed E-state index contributed by atoms with van der Waals surface area (Å²) < 4.78 is 42.8. The molecule has 2 heterocycles. The zero-order valence-electron chi connectivity index (χ0n) is 14.6. The van der Waals surface area contributed by atoms with Gasteiger partial charge in [0.25, 0.3) is 0 Å². The van der Waals surface area contributed by atoms with Crippen molar-refractivity contribution in [1.82, 2.24) is 4.98 Å². The second kappa shape index (κ2) is 10.6. The Labute approximate surface area is 153 Å². The van der Waals surface area contributed by atoms with Crippen LogP contribution < -0.4 is 9.64 Å². The van der Waals surface area contributed by atoms with Crippen LogP contribution in [0, 0.1) is 0 Å². The molecule has 1 aromatic heterocycles. The number of anilines is 1. The van der Waals surface area contributed by atoms with E-state index in [4.69, 9.17) is 24.5 Å². The van der Waals surface area contributed by atoms with Gasteiger partial charge in [0.1, 0.15) is 0 Å². The fourth-order valence-electron chi connectivity index (χ4n) is 2.23. The molecule has 0 bridgehead atoms. The number of alkyl halides is 3. The van der Waals surface area contributed by atoms with Crippen molar-refractivity contribution in [2.24, 2.45) is 0 Å². The minimum Gasteiger partial charge on any atom is -0.479 e. The van der Waals surface area contributed by atoms with Crippen LogP contribution in [0.15, 0.2) is 18.3 Å². The normalized spacial score (nSPS) is 17.3. The molecule has 1 saturated heterocycles. The van der Waals surface area contributed by atoms with Crippen molar-refractivity contribution >= 4 is 17.8 Å². The first-order chi connectivity index (χ1) is 12.6. The lowest BCUT2D eigenvalue weighted by atomic mass is 10.2. The van der Waals surface area contributed by atoms with Gasteiger partial charge in [-0.3, -0.25) is 0 Å². The van der Waals surface area contributed by atoms with Crippen LogP contribution in [0.1, 0.15) is 19.8 Å². The molecule has 2 rings (SSSR count). The van der Waals surface area contributed by atoms with Crippen LogP contribution >= 0.6 is 0 Å². The molecule has 2 N–H and O–H groups in total. The molecule has 1 aromatic rings. The highest BCUT2D eigenvalue weighted by Gasteiger charge is 2.38. The highest BCUT2D eigenvalue weighted by atomic mass is 19.4. The summed E-state index contributed by atoms with van der Waals surface area (Å²) in [6, 6.07) is 3.48. The van der Waals surface area contributed by atoms with E-state index in [0.717, 1.165) is 25.9 Å². The van der Waals surface area contributed by atoms with E-state index in [1.54, 1.807) is 18.3 Å². The minimum atomic E-state index is -5.08. The lowest BCUT2D eigenvalue weighted by molar-refractivity contribution is -0.192. The Hall–Kier alpha value is -2.56. The van der Waals surface area contributed by atoms with Crippen molar-refractivity contribution in [1.29, 1.82) is 0 Å². The maximum absolute atomic E-state index is 10.6. The Morgan fingerprint density at radius 2 is 2.04 bits per heavy atom. The van der Waals surface area contributed by atoms with E-state index >= 15 is 0 Å². The highest BCUT2D eigenvalue weighted by molar-refractivity contribution is 5.73. The number of carboxylic acids is 2. The summed E-state index contributed by atoms with van der Waals surface area (Å²) in [6.45, 7) is 3.96. The molecule has 152 valence electrons. The Balaban J connectivity index is 0.000000445. The Kier molecular flexibility index (Phi) is 8.79. The van der Waals surface area contributed by atoms with Crippen LogP contribution in [0.3, 0.4) is 0 Å². The van der Waals surface area contributed by atoms with Gasteiger partial charge >= 0.3 is 18.1 Å². The van der Waals surface area contributed by atoms with Crippen molar-refractivity contribution in [2.75, 3.05) is 31.2 Å². The van der Waals surface area contributed by atoms with Gasteiger partial charge in [0.15, 0.2) is 18.2 Å². The van der Waals surface area contributed by atoms with Crippen LogP contribution in [0.25, 0.3) is 0 Å². The lowest BCUT2D eigenvalue weighted by Crippen LogP contribution is -2.27. The van der Waals surface area contributed by atoms with Crippen LogP contribution in [-0.4, -0.2) is 65.7 Å². The minimum absolute atomic E-state index is 0.284. The molecule has 0 aliphatic carbocycles. The third kappa shape index (κ3) is 8.11. The van der Waals surface area contributed by atoms with E-state index in [1.807, 2.05) is 0 Å². The molecule has 1 atom stereocenters. The number of aliphatic carboxylic acids is 2. The fraction of sp³-hybridized carbons (Fsp3) is 0.562. The molecule has 0 aromatic carbocycles. The summed E-state index contributed by atoms with van der Waals surface area (Å²) >= 11 is 0. The topological polar surface area (TPSA) is 109 Å². The number of carboxylic acid groups (broad SMARTS) is 2. The van der Waals surface area contributed by atoms with Crippen LogP contribution in [0.4, 0.5) is 19.0 Å². The van der Waals surface area contributed by atoms with Gasteiger partial charge in [-0.1, -0.05) is 6.92 Å². The second-order valence-corrected chi connectivity index (χ2v) is 5.49. The van der Waals surface area contributed by atoms with E-state index < -0.39 is 18.1 Å². The maximum atomic E-state index is 10.6. The second-order valence-electron chi connectivity index (χ2n) is 5.49. The van der Waals surface area contributed by atoms with Gasteiger partial charge in [-0.15, -0.1) is 0 Å². The molecule has 0 spiro atoms. The summed E-state index contributed by atoms with van der Waals surface area (Å²) in [5.41, 5.74) is 0. The molecule has 1 fully saturated rings. The van der Waals surface area contributed by atoms with Crippen LogP contribution in [0.2, 0.25) is 0 Å². The van der Waals surface area contributed by atoms with Gasteiger partial charge < -0.3 is 24.6 Å². The van der Waals surface area contributed by atoms with Gasteiger partial charge in [0.05, 0.1) is 12.7 Å². The first kappa shape index (κ1) is 22.5. The molecular formula is C16H21F3N2O6. The predicted octanol–water partition coefficient (Wildman–Crippen LogP) is 2.18. The number of pyridine rings is 1. The molecule has 1 aliphatic heterocycles. The first-order valence-corrected chi connectivity index (χ1v) is 8.11. The quantitative estimate of drug-likeness (QED) is 0.782. The van der Waals surface area contributed by atoms with Crippen LogP contribution in [-0.2, 0) is 14.3 Å². The third-order valence-electron chi connectivity index (χ3n) is 3.54. The van der Waals surface area contributed by atoms with Gasteiger partial charge in [-0.25, -0.2) is 14.6 Å². The number of hydrogen-bond donors (Lipinski definition) is 2. The number of rotatable bonds is 5. The Bertz CT molecular complexity index is 626. The lowest BCUT2D eigenvalue weighted by Gasteiger charge is -2.22. The van der Waals surface area contributed by atoms with E-state index in [9.17, 15) is 18.0 Å². The molecule has 0 amide bonds. The monoisotopic (exact) mass is 394 g/mol. The first-order valence-electron chi connectivity index (χ1n) is 8.11. The third-order valence-corrected chi connectivity index (χ3v) is 3.54. The summed E-state index contributed by atoms with van der Waals surface area (Å²) in [4.78, 5) is 25.9. The highest BCUT2D eigenvalue weighted by Crippen LogP contribution is 2.26. The maximum Gasteiger partial charge on any atom is 0.490 e. The zero-order chi connectivity index (χ0) is 20.4. The van der Waals surface area contributed by atoms with Crippen molar-refractivity contribution < 1.29 is 42.4 Å². The van der Waals surface area contributed by atoms with Gasteiger partial charge in [0.2, 0.25) is 0 Å². The molecule has 8 nitrogen and oxygen atoms in total. The van der Waals surface area contributed by atoms with Crippen molar-refractivity contribution in [3.63, 3.8) is 0 Å².